The molecule has 1 aromatic rings. The van der Waals surface area contributed by atoms with E-state index in [9.17, 15) is 23.1 Å². The maximum absolute atomic E-state index is 12.2. The Morgan fingerprint density at radius 1 is 1.08 bits per heavy atom. The highest BCUT2D eigenvalue weighted by atomic mass is 32.2. The minimum atomic E-state index is -3.65. The Balaban J connectivity index is 1.60. The molecule has 1 aromatic carbocycles. The zero-order chi connectivity index (χ0) is 18.1. The molecule has 8 heteroatoms. The summed E-state index contributed by atoms with van der Waals surface area (Å²) in [4.78, 5) is 25.5. The fraction of sp³-hybridized carbons (Fsp3) is 0.529. The van der Waals surface area contributed by atoms with Gasteiger partial charge in [-0.15, -0.1) is 0 Å². The van der Waals surface area contributed by atoms with Gasteiger partial charge in [-0.25, -0.2) is 13.1 Å². The molecule has 3 rings (SSSR count). The van der Waals surface area contributed by atoms with Crippen LogP contribution in [0.5, 0.6) is 0 Å². The molecule has 1 saturated carbocycles. The van der Waals surface area contributed by atoms with Gasteiger partial charge in [0, 0.05) is 25.1 Å². The molecule has 1 fully saturated rings. The molecule has 2 N–H and O–H groups in total. The van der Waals surface area contributed by atoms with Gasteiger partial charge in [0.2, 0.25) is 10.0 Å². The number of sulfonamides is 1. The highest BCUT2D eigenvalue weighted by molar-refractivity contribution is 7.89. The zero-order valence-electron chi connectivity index (χ0n) is 13.9. The second kappa shape index (κ2) is 6.86. The fourth-order valence-corrected chi connectivity index (χ4v) is 4.60. The summed E-state index contributed by atoms with van der Waals surface area (Å²) in [5, 5.41) is 9.55. The Kier molecular flexibility index (Phi) is 4.95. The van der Waals surface area contributed by atoms with Crippen LogP contribution in [0.2, 0.25) is 0 Å². The molecule has 2 amide bonds. The van der Waals surface area contributed by atoms with Gasteiger partial charge in [-0.05, 0) is 25.0 Å². The molecular weight excluding hydrogens is 344 g/mol. The lowest BCUT2D eigenvalue weighted by Crippen LogP contribution is -2.42. The molecule has 2 aliphatic rings. The molecule has 0 saturated heterocycles. The third kappa shape index (κ3) is 3.61. The predicted molar refractivity (Wildman–Crippen MR) is 91.6 cm³/mol. The molecule has 136 valence electrons. The minimum Gasteiger partial charge on any atom is -0.396 e. The lowest BCUT2D eigenvalue weighted by Gasteiger charge is -2.26. The standard InChI is InChI=1S/C17H22N2O5S/c20-12-17(7-3-4-8-17)11-18-25(23,24)10-9-19-15(21)13-5-1-2-6-14(13)16(19)22/h1-2,5-6,18,20H,3-4,7-12H2. The largest absolute Gasteiger partial charge is 0.396 e. The maximum atomic E-state index is 12.2. The zero-order valence-corrected chi connectivity index (χ0v) is 14.7. The van der Waals surface area contributed by atoms with Crippen molar-refractivity contribution in [3.05, 3.63) is 35.4 Å². The average molecular weight is 366 g/mol. The average Bonchev–Trinajstić information content (AvgIpc) is 3.17. The third-order valence-electron chi connectivity index (χ3n) is 5.13. The van der Waals surface area contributed by atoms with Gasteiger partial charge in [0.25, 0.3) is 11.8 Å². The van der Waals surface area contributed by atoms with Crippen molar-refractivity contribution in [3.8, 4) is 0 Å². The molecule has 0 aromatic heterocycles. The van der Waals surface area contributed by atoms with Crippen molar-refractivity contribution in [2.45, 2.75) is 25.7 Å². The topological polar surface area (TPSA) is 104 Å². The number of aliphatic hydroxyl groups is 1. The predicted octanol–water partition coefficient (Wildman–Crippen LogP) is 0.755. The van der Waals surface area contributed by atoms with Crippen LogP contribution in [0.15, 0.2) is 24.3 Å². The van der Waals surface area contributed by atoms with E-state index in [2.05, 4.69) is 4.72 Å². The van der Waals surface area contributed by atoms with E-state index in [-0.39, 0.29) is 30.9 Å². The van der Waals surface area contributed by atoms with Crippen LogP contribution >= 0.6 is 0 Å². The Morgan fingerprint density at radius 2 is 1.64 bits per heavy atom. The van der Waals surface area contributed by atoms with Gasteiger partial charge < -0.3 is 5.11 Å². The summed E-state index contributed by atoms with van der Waals surface area (Å²) in [6.45, 7) is -0.0459. The van der Waals surface area contributed by atoms with Crippen LogP contribution in [0, 0.1) is 5.41 Å². The van der Waals surface area contributed by atoms with Crippen molar-refractivity contribution in [1.82, 2.24) is 9.62 Å². The van der Waals surface area contributed by atoms with Crippen LogP contribution in [0.25, 0.3) is 0 Å². The van der Waals surface area contributed by atoms with Crippen LogP contribution in [-0.2, 0) is 10.0 Å². The van der Waals surface area contributed by atoms with E-state index >= 15 is 0 Å². The van der Waals surface area contributed by atoms with Crippen LogP contribution in [0.1, 0.15) is 46.4 Å². The summed E-state index contributed by atoms with van der Waals surface area (Å²) in [6.07, 6.45) is 3.56. The molecule has 0 radical (unpaired) electrons. The number of benzene rings is 1. The number of amides is 2. The van der Waals surface area contributed by atoms with Gasteiger partial charge in [-0.1, -0.05) is 25.0 Å². The van der Waals surface area contributed by atoms with Gasteiger partial charge in [-0.3, -0.25) is 14.5 Å². The highest BCUT2D eigenvalue weighted by Crippen LogP contribution is 2.37. The van der Waals surface area contributed by atoms with E-state index in [4.69, 9.17) is 0 Å². The summed E-state index contributed by atoms with van der Waals surface area (Å²) in [5.41, 5.74) is 0.230. The lowest BCUT2D eigenvalue weighted by atomic mass is 9.88. The van der Waals surface area contributed by atoms with Gasteiger partial charge in [0.1, 0.15) is 0 Å². The van der Waals surface area contributed by atoms with E-state index in [1.165, 1.54) is 0 Å². The maximum Gasteiger partial charge on any atom is 0.261 e. The molecule has 0 unspecified atom stereocenters. The summed E-state index contributed by atoms with van der Waals surface area (Å²) < 4.78 is 27.0. The fourth-order valence-electron chi connectivity index (χ4n) is 3.50. The first-order chi connectivity index (χ1) is 11.9. The van der Waals surface area contributed by atoms with Crippen molar-refractivity contribution in [3.63, 3.8) is 0 Å². The first kappa shape index (κ1) is 18.0. The van der Waals surface area contributed by atoms with Crippen LogP contribution in [0.3, 0.4) is 0 Å². The number of hydrogen-bond acceptors (Lipinski definition) is 5. The van der Waals surface area contributed by atoms with E-state index in [1.54, 1.807) is 24.3 Å². The van der Waals surface area contributed by atoms with Crippen LogP contribution in [0.4, 0.5) is 0 Å². The number of hydrogen-bond donors (Lipinski definition) is 2. The van der Waals surface area contributed by atoms with Gasteiger partial charge in [-0.2, -0.15) is 0 Å². The number of nitrogens with zero attached hydrogens (tertiary/aromatic N) is 1. The van der Waals surface area contributed by atoms with Crippen molar-refractivity contribution in [2.24, 2.45) is 5.41 Å². The number of fused-ring (bicyclic) bond motifs is 1. The summed E-state index contributed by atoms with van der Waals surface area (Å²) in [6, 6.07) is 6.46. The Morgan fingerprint density at radius 3 is 2.16 bits per heavy atom. The minimum absolute atomic E-state index is 0.0477. The number of carbonyl (C=O) groups excluding carboxylic acids is 2. The van der Waals surface area contributed by atoms with E-state index in [0.717, 1.165) is 30.6 Å². The van der Waals surface area contributed by atoms with Crippen LogP contribution in [-0.4, -0.2) is 55.7 Å². The Labute approximate surface area is 147 Å². The molecule has 0 atom stereocenters. The second-order valence-electron chi connectivity index (χ2n) is 6.81. The molecule has 1 aliphatic carbocycles. The first-order valence-electron chi connectivity index (χ1n) is 8.41. The van der Waals surface area contributed by atoms with Crippen molar-refractivity contribution >= 4 is 21.8 Å². The molecule has 1 heterocycles. The van der Waals surface area contributed by atoms with Crippen molar-refractivity contribution in [2.75, 3.05) is 25.4 Å². The van der Waals surface area contributed by atoms with Gasteiger partial charge in [0.15, 0.2) is 0 Å². The number of carbonyl (C=O) groups is 2. The molecule has 0 bridgehead atoms. The highest BCUT2D eigenvalue weighted by Gasteiger charge is 2.37. The van der Waals surface area contributed by atoms with Gasteiger partial charge >= 0.3 is 0 Å². The summed E-state index contributed by atoms with van der Waals surface area (Å²) in [5.74, 6) is -1.27. The lowest BCUT2D eigenvalue weighted by molar-refractivity contribution is 0.0664. The summed E-state index contributed by atoms with van der Waals surface area (Å²) in [7, 11) is -3.65. The van der Waals surface area contributed by atoms with Crippen LogP contribution < -0.4 is 4.72 Å². The van der Waals surface area contributed by atoms with Crippen molar-refractivity contribution in [1.29, 1.82) is 0 Å². The Bertz CT molecular complexity index is 749. The normalized spacial score (nSPS) is 19.5. The SMILES string of the molecule is O=C1c2ccccc2C(=O)N1CCS(=O)(=O)NCC1(CO)CCCC1. The molecular formula is C17H22N2O5S. The number of aliphatic hydroxyl groups excluding tert-OH is 1. The second-order valence-corrected chi connectivity index (χ2v) is 8.74. The number of rotatable bonds is 7. The van der Waals surface area contributed by atoms with E-state index in [1.807, 2.05) is 0 Å². The smallest absolute Gasteiger partial charge is 0.261 e. The quantitative estimate of drug-likeness (QED) is 0.693. The number of nitrogens with one attached hydrogen (secondary N) is 1. The molecule has 1 aliphatic heterocycles. The Hall–Kier alpha value is -1.77. The van der Waals surface area contributed by atoms with Crippen molar-refractivity contribution < 1.29 is 23.1 Å². The molecule has 7 nitrogen and oxygen atoms in total. The summed E-state index contributed by atoms with van der Waals surface area (Å²) >= 11 is 0. The third-order valence-corrected chi connectivity index (χ3v) is 6.43. The van der Waals surface area contributed by atoms with E-state index in [0.29, 0.717) is 11.1 Å². The molecule has 0 spiro atoms. The number of imide groups is 1. The van der Waals surface area contributed by atoms with E-state index < -0.39 is 21.8 Å². The monoisotopic (exact) mass is 366 g/mol. The first-order valence-corrected chi connectivity index (χ1v) is 10.1. The van der Waals surface area contributed by atoms with Gasteiger partial charge in [0.05, 0.1) is 16.9 Å². The molecule has 25 heavy (non-hydrogen) atoms.